The largest absolute Gasteiger partial charge is 0.396 e. The van der Waals surface area contributed by atoms with Gasteiger partial charge in [0.15, 0.2) is 0 Å². The van der Waals surface area contributed by atoms with Crippen LogP contribution in [-0.2, 0) is 0 Å². The first-order valence-electron chi connectivity index (χ1n) is 7.03. The zero-order valence-electron chi connectivity index (χ0n) is 13.3. The summed E-state index contributed by atoms with van der Waals surface area (Å²) >= 11 is 0. The Bertz CT molecular complexity index is 125. The fourth-order valence-electron chi connectivity index (χ4n) is 0.911. The van der Waals surface area contributed by atoms with Gasteiger partial charge in [-0.15, -0.1) is 6.58 Å². The molecule has 0 rings (SSSR count). The van der Waals surface area contributed by atoms with Crippen LogP contribution in [0.5, 0.6) is 0 Å². The minimum atomic E-state index is 0.306. The molecule has 0 aromatic rings. The Hall–Kier alpha value is -0.300. The van der Waals surface area contributed by atoms with E-state index in [0.717, 1.165) is 18.3 Å². The minimum absolute atomic E-state index is 0.306. The molecule has 1 heteroatoms. The van der Waals surface area contributed by atoms with Crippen molar-refractivity contribution in [3.05, 3.63) is 12.7 Å². The van der Waals surface area contributed by atoms with Crippen molar-refractivity contribution >= 4 is 0 Å². The zero-order chi connectivity index (χ0) is 14.3. The van der Waals surface area contributed by atoms with Crippen LogP contribution in [0.15, 0.2) is 12.7 Å². The molecule has 0 radical (unpaired) electrons. The molecule has 0 fully saturated rings. The average Bonchev–Trinajstić information content (AvgIpc) is 2.19. The highest BCUT2D eigenvalue weighted by Gasteiger charge is 1.85. The Labute approximate surface area is 110 Å². The predicted octanol–water partition coefficient (Wildman–Crippen LogP) is 5.30. The van der Waals surface area contributed by atoms with Crippen LogP contribution in [0.1, 0.15) is 67.7 Å². The average molecular weight is 244 g/mol. The normalized spacial score (nSPS) is 9.59. The Morgan fingerprint density at radius 1 is 0.941 bits per heavy atom. The fourth-order valence-corrected chi connectivity index (χ4v) is 0.911. The lowest BCUT2D eigenvalue weighted by atomic mass is 10.1. The van der Waals surface area contributed by atoms with E-state index in [-0.39, 0.29) is 0 Å². The molecule has 0 saturated carbocycles. The highest BCUT2D eigenvalue weighted by molar-refractivity contribution is 4.67. The fraction of sp³-hybridized carbons (Fsp3) is 0.875. The van der Waals surface area contributed by atoms with E-state index < -0.39 is 0 Å². The number of aliphatic hydroxyl groups excluding tert-OH is 1. The summed E-state index contributed by atoms with van der Waals surface area (Å²) in [6.45, 7) is 18.9. The molecule has 106 valence electrons. The van der Waals surface area contributed by atoms with E-state index in [1.165, 1.54) is 12.8 Å². The summed E-state index contributed by atoms with van der Waals surface area (Å²) in [7, 11) is 0. The Balaban J connectivity index is -0.000000174. The molecule has 0 atom stereocenters. The number of hydrogen-bond acceptors (Lipinski definition) is 1. The third-order valence-electron chi connectivity index (χ3n) is 1.87. The molecular weight excluding hydrogens is 208 g/mol. The van der Waals surface area contributed by atoms with Gasteiger partial charge in [-0.2, -0.15) is 0 Å². The quantitative estimate of drug-likeness (QED) is 0.651. The zero-order valence-corrected chi connectivity index (χ0v) is 13.3. The van der Waals surface area contributed by atoms with Gasteiger partial charge in [0, 0.05) is 6.61 Å². The lowest BCUT2D eigenvalue weighted by Crippen LogP contribution is -1.90. The van der Waals surface area contributed by atoms with Gasteiger partial charge in [0.05, 0.1) is 0 Å². The van der Waals surface area contributed by atoms with E-state index >= 15 is 0 Å². The van der Waals surface area contributed by atoms with Crippen LogP contribution in [0.25, 0.3) is 0 Å². The standard InChI is InChI=1S/C6H14.C6H12.C4H10O/c2*1-4-5-6(2)3;1-4(2)3-5/h6H,4-5H2,1-3H3;4,6H,1,5H2,2-3H3;4-5H,3H2,1-2H3. The third-order valence-corrected chi connectivity index (χ3v) is 1.87. The maximum atomic E-state index is 8.14. The Morgan fingerprint density at radius 3 is 1.35 bits per heavy atom. The molecule has 0 aliphatic carbocycles. The first-order chi connectivity index (χ1) is 7.81. The smallest absolute Gasteiger partial charge is 0.0453 e. The summed E-state index contributed by atoms with van der Waals surface area (Å²) in [4.78, 5) is 0. The third kappa shape index (κ3) is 49.7. The second-order valence-electron chi connectivity index (χ2n) is 5.68. The molecule has 0 unspecified atom stereocenters. The van der Waals surface area contributed by atoms with E-state index in [9.17, 15) is 0 Å². The van der Waals surface area contributed by atoms with E-state index in [1.807, 2.05) is 19.9 Å². The van der Waals surface area contributed by atoms with Crippen LogP contribution in [0.2, 0.25) is 0 Å². The minimum Gasteiger partial charge on any atom is -0.396 e. The molecule has 0 aromatic carbocycles. The second kappa shape index (κ2) is 18.1. The summed E-state index contributed by atoms with van der Waals surface area (Å²) in [5.74, 6) is 2.12. The number of rotatable bonds is 5. The van der Waals surface area contributed by atoms with Crippen molar-refractivity contribution in [3.63, 3.8) is 0 Å². The van der Waals surface area contributed by atoms with Crippen molar-refractivity contribution in [1.29, 1.82) is 0 Å². The molecule has 0 amide bonds. The number of hydrogen-bond donors (Lipinski definition) is 1. The maximum Gasteiger partial charge on any atom is 0.0453 e. The highest BCUT2D eigenvalue weighted by Crippen LogP contribution is 2.00. The summed E-state index contributed by atoms with van der Waals surface area (Å²) in [6.07, 6.45) is 5.79. The molecule has 0 spiro atoms. The van der Waals surface area contributed by atoms with Crippen LogP contribution >= 0.6 is 0 Å². The highest BCUT2D eigenvalue weighted by atomic mass is 16.3. The maximum absolute atomic E-state index is 8.14. The Morgan fingerprint density at radius 2 is 1.35 bits per heavy atom. The SMILES string of the molecule is C=CCC(C)C.CC(C)CO.CCCC(C)C. The van der Waals surface area contributed by atoms with Crippen molar-refractivity contribution in [2.45, 2.75) is 67.7 Å². The van der Waals surface area contributed by atoms with Crippen LogP contribution in [0.4, 0.5) is 0 Å². The van der Waals surface area contributed by atoms with Crippen molar-refractivity contribution in [2.75, 3.05) is 6.61 Å². The van der Waals surface area contributed by atoms with E-state index in [4.69, 9.17) is 5.11 Å². The number of aliphatic hydroxyl groups is 1. The molecule has 0 heterocycles. The van der Waals surface area contributed by atoms with Gasteiger partial charge in [-0.3, -0.25) is 0 Å². The van der Waals surface area contributed by atoms with Gasteiger partial charge in [-0.1, -0.05) is 67.4 Å². The van der Waals surface area contributed by atoms with Gasteiger partial charge < -0.3 is 5.11 Å². The van der Waals surface area contributed by atoms with Gasteiger partial charge in [-0.05, 0) is 24.2 Å². The number of allylic oxidation sites excluding steroid dienone is 1. The van der Waals surface area contributed by atoms with Crippen molar-refractivity contribution < 1.29 is 5.11 Å². The van der Waals surface area contributed by atoms with E-state index in [1.54, 1.807) is 0 Å². The van der Waals surface area contributed by atoms with Crippen molar-refractivity contribution in [2.24, 2.45) is 17.8 Å². The summed E-state index contributed by atoms with van der Waals surface area (Å²) in [6, 6.07) is 0. The summed E-state index contributed by atoms with van der Waals surface area (Å²) < 4.78 is 0. The summed E-state index contributed by atoms with van der Waals surface area (Å²) in [5.41, 5.74) is 0. The monoisotopic (exact) mass is 244 g/mol. The van der Waals surface area contributed by atoms with Crippen molar-refractivity contribution in [1.82, 2.24) is 0 Å². The molecule has 0 aliphatic rings. The second-order valence-corrected chi connectivity index (χ2v) is 5.68. The molecule has 0 aromatic heterocycles. The van der Waals surface area contributed by atoms with Crippen LogP contribution < -0.4 is 0 Å². The van der Waals surface area contributed by atoms with Crippen molar-refractivity contribution in [3.8, 4) is 0 Å². The van der Waals surface area contributed by atoms with Crippen LogP contribution in [0.3, 0.4) is 0 Å². The molecule has 1 N–H and O–H groups in total. The van der Waals surface area contributed by atoms with Crippen LogP contribution in [-0.4, -0.2) is 11.7 Å². The van der Waals surface area contributed by atoms with Gasteiger partial charge in [0.25, 0.3) is 0 Å². The topological polar surface area (TPSA) is 20.2 Å². The van der Waals surface area contributed by atoms with Gasteiger partial charge in [-0.25, -0.2) is 0 Å². The Kier molecular flexibility index (Phi) is 23.3. The van der Waals surface area contributed by atoms with Gasteiger partial charge in [0.2, 0.25) is 0 Å². The predicted molar refractivity (Wildman–Crippen MR) is 81.3 cm³/mol. The van der Waals surface area contributed by atoms with E-state index in [2.05, 4.69) is 41.2 Å². The molecule has 0 aliphatic heterocycles. The molecule has 0 saturated heterocycles. The molecule has 1 nitrogen and oxygen atoms in total. The van der Waals surface area contributed by atoms with Gasteiger partial charge in [0.1, 0.15) is 0 Å². The molecule has 17 heavy (non-hydrogen) atoms. The first-order valence-corrected chi connectivity index (χ1v) is 7.03. The lowest BCUT2D eigenvalue weighted by Gasteiger charge is -1.95. The molecular formula is C16H36O. The first kappa shape index (κ1) is 21.9. The van der Waals surface area contributed by atoms with Crippen LogP contribution in [0, 0.1) is 17.8 Å². The molecule has 0 bridgehead atoms. The van der Waals surface area contributed by atoms with Gasteiger partial charge >= 0.3 is 0 Å². The summed E-state index contributed by atoms with van der Waals surface area (Å²) in [5, 5.41) is 8.14. The van der Waals surface area contributed by atoms with E-state index in [0.29, 0.717) is 12.5 Å². The lowest BCUT2D eigenvalue weighted by molar-refractivity contribution is 0.248.